The van der Waals surface area contributed by atoms with Crippen molar-refractivity contribution in [3.05, 3.63) is 29.3 Å². The number of β-lactam (4-membered cyclic amide) rings is 1. The molecule has 1 saturated carbocycles. The van der Waals surface area contributed by atoms with E-state index in [1.807, 2.05) is 13.0 Å². The molecule has 0 aromatic heterocycles. The van der Waals surface area contributed by atoms with Gasteiger partial charge in [-0.3, -0.25) is 4.79 Å². The lowest BCUT2D eigenvalue weighted by atomic mass is 9.52. The minimum Gasteiger partial charge on any atom is -0.475 e. The average Bonchev–Trinajstić information content (AvgIpc) is 2.70. The smallest absolute Gasteiger partial charge is 0.267 e. The number of amides is 1. The Kier molecular flexibility index (Phi) is 7.29. The molecule has 1 heterocycles. The number of hydrogen-bond acceptors (Lipinski definition) is 3. The Morgan fingerprint density at radius 1 is 1.09 bits per heavy atom. The van der Waals surface area contributed by atoms with Crippen molar-refractivity contribution in [2.75, 3.05) is 4.43 Å². The molecule has 1 saturated heterocycles. The summed E-state index contributed by atoms with van der Waals surface area (Å²) in [5.41, 5.74) is 0.295. The summed E-state index contributed by atoms with van der Waals surface area (Å²) in [7, 11) is 0. The summed E-state index contributed by atoms with van der Waals surface area (Å²) in [6.45, 7) is 21.8. The Morgan fingerprint density at radius 2 is 1.71 bits per heavy atom. The molecule has 5 atom stereocenters. The second-order valence-corrected chi connectivity index (χ2v) is 14.7. The number of ether oxygens (including phenoxy) is 1. The molecule has 1 aromatic rings. The normalized spacial score (nSPS) is 32.4. The Bertz CT molecular complexity index is 923. The van der Waals surface area contributed by atoms with Crippen LogP contribution in [0.25, 0.3) is 0 Å². The maximum atomic E-state index is 13.4. The third kappa shape index (κ3) is 4.53. The van der Waals surface area contributed by atoms with Gasteiger partial charge in [0.05, 0.1) is 6.10 Å². The number of alkyl halides is 1. The highest BCUT2D eigenvalue weighted by Crippen LogP contribution is 2.55. The van der Waals surface area contributed by atoms with Gasteiger partial charge in [-0.25, -0.2) is 0 Å². The highest BCUT2D eigenvalue weighted by molar-refractivity contribution is 14.1. The predicted molar refractivity (Wildman–Crippen MR) is 149 cm³/mol. The van der Waals surface area contributed by atoms with E-state index in [4.69, 9.17) is 4.74 Å². The van der Waals surface area contributed by atoms with E-state index in [-0.39, 0.29) is 28.1 Å². The highest BCUT2D eigenvalue weighted by Gasteiger charge is 2.73. The summed E-state index contributed by atoms with van der Waals surface area (Å²) in [6.07, 6.45) is 1.58. The summed E-state index contributed by atoms with van der Waals surface area (Å²) in [4.78, 5) is 13.4. The van der Waals surface area contributed by atoms with E-state index in [0.717, 1.165) is 28.6 Å². The van der Waals surface area contributed by atoms with E-state index in [2.05, 4.69) is 102 Å². The summed E-state index contributed by atoms with van der Waals surface area (Å²) < 4.78 is 7.87. The second kappa shape index (κ2) is 8.93. The van der Waals surface area contributed by atoms with Gasteiger partial charge in [0.15, 0.2) is 0 Å². The quantitative estimate of drug-likeness (QED) is 0.240. The summed E-state index contributed by atoms with van der Waals surface area (Å²) in [6, 6.07) is 6.41. The molecule has 1 spiro atoms. The molecule has 1 aliphatic heterocycles. The average molecular weight is 584 g/mol. The molecule has 0 bridgehead atoms. The topological polar surface area (TPSA) is 58.6 Å². The fourth-order valence-electron chi connectivity index (χ4n) is 6.05. The van der Waals surface area contributed by atoms with Crippen LogP contribution < -0.4 is 10.1 Å². The first-order chi connectivity index (χ1) is 15.4. The zero-order valence-corrected chi connectivity index (χ0v) is 25.1. The Hall–Kier alpha value is -0.820. The first kappa shape index (κ1) is 27.8. The van der Waals surface area contributed by atoms with Gasteiger partial charge >= 0.3 is 0 Å². The highest BCUT2D eigenvalue weighted by atomic mass is 127. The monoisotopic (exact) mass is 583 g/mol. The summed E-state index contributed by atoms with van der Waals surface area (Å²) in [5.74, 6) is 1.17. The molecule has 1 amide bonds. The van der Waals surface area contributed by atoms with E-state index >= 15 is 0 Å². The molecule has 0 radical (unpaired) electrons. The van der Waals surface area contributed by atoms with Crippen LogP contribution in [0.3, 0.4) is 0 Å². The Labute approximate surface area is 221 Å². The SMILES string of the molecule is CCC1(Oc2ccc(C(C)(C)C)cc2C(C)(C)C)C(=O)NC12CC(CI)CC(C(C)(C)C)C2O. The summed E-state index contributed by atoms with van der Waals surface area (Å²) >= 11 is 2.45. The van der Waals surface area contributed by atoms with Gasteiger partial charge in [-0.1, -0.05) is 104 Å². The van der Waals surface area contributed by atoms with E-state index in [1.165, 1.54) is 5.56 Å². The number of nitrogens with one attached hydrogen (secondary N) is 1. The van der Waals surface area contributed by atoms with Gasteiger partial charge in [-0.2, -0.15) is 0 Å². The van der Waals surface area contributed by atoms with Crippen molar-refractivity contribution in [2.45, 2.75) is 117 Å². The standard InChI is InChI=1S/C29H46INO3/c1-11-29(34-22-13-12-19(25(2,3)4)15-20(22)26(5,6)7)24(33)31-28(29)16-18(17-30)14-21(23(28)32)27(8,9)10/h12-13,15,18,21,23,32H,11,14,16-17H2,1-10H3,(H,31,33). The van der Waals surface area contributed by atoms with Gasteiger partial charge in [-0.05, 0) is 64.5 Å². The van der Waals surface area contributed by atoms with Gasteiger partial charge < -0.3 is 15.2 Å². The van der Waals surface area contributed by atoms with Crippen LogP contribution in [0.1, 0.15) is 99.6 Å². The predicted octanol–water partition coefficient (Wildman–Crippen LogP) is 6.55. The fraction of sp³-hybridized carbons (Fsp3) is 0.759. The van der Waals surface area contributed by atoms with Crippen LogP contribution in [0.2, 0.25) is 0 Å². The Morgan fingerprint density at radius 3 is 2.15 bits per heavy atom. The number of benzene rings is 1. The molecule has 34 heavy (non-hydrogen) atoms. The van der Waals surface area contributed by atoms with E-state index in [0.29, 0.717) is 12.3 Å². The molecular formula is C29H46INO3. The van der Waals surface area contributed by atoms with E-state index in [9.17, 15) is 9.90 Å². The van der Waals surface area contributed by atoms with Gasteiger partial charge in [-0.15, -0.1) is 0 Å². The molecule has 4 nitrogen and oxygen atoms in total. The molecule has 5 heteroatoms. The van der Waals surface area contributed by atoms with Gasteiger partial charge in [0.25, 0.3) is 5.91 Å². The zero-order valence-electron chi connectivity index (χ0n) is 22.9. The van der Waals surface area contributed by atoms with Crippen molar-refractivity contribution in [3.8, 4) is 5.75 Å². The van der Waals surface area contributed by atoms with Crippen LogP contribution >= 0.6 is 22.6 Å². The van der Waals surface area contributed by atoms with Crippen molar-refractivity contribution in [1.82, 2.24) is 5.32 Å². The largest absolute Gasteiger partial charge is 0.475 e. The molecule has 192 valence electrons. The van der Waals surface area contributed by atoms with E-state index < -0.39 is 17.2 Å². The fourth-order valence-corrected chi connectivity index (χ4v) is 6.72. The summed E-state index contributed by atoms with van der Waals surface area (Å²) in [5, 5.41) is 15.0. The molecular weight excluding hydrogens is 537 g/mol. The Balaban J connectivity index is 2.13. The number of rotatable bonds is 4. The van der Waals surface area contributed by atoms with Crippen LogP contribution in [0.5, 0.6) is 5.75 Å². The second-order valence-electron chi connectivity index (χ2n) is 13.8. The molecule has 1 aromatic carbocycles. The molecule has 5 unspecified atom stereocenters. The van der Waals surface area contributed by atoms with Crippen LogP contribution in [0, 0.1) is 17.3 Å². The van der Waals surface area contributed by atoms with Gasteiger partial charge in [0.2, 0.25) is 5.60 Å². The minimum atomic E-state index is -1.08. The zero-order chi connectivity index (χ0) is 25.9. The maximum Gasteiger partial charge on any atom is 0.267 e. The minimum absolute atomic E-state index is 0.0169. The van der Waals surface area contributed by atoms with Crippen molar-refractivity contribution in [2.24, 2.45) is 17.3 Å². The third-order valence-corrected chi connectivity index (χ3v) is 9.52. The van der Waals surface area contributed by atoms with Crippen LogP contribution in [0.15, 0.2) is 18.2 Å². The molecule has 2 aliphatic rings. The number of hydrogen-bond donors (Lipinski definition) is 2. The van der Waals surface area contributed by atoms with Gasteiger partial charge in [0, 0.05) is 4.43 Å². The first-order valence-electron chi connectivity index (χ1n) is 12.8. The maximum absolute atomic E-state index is 13.4. The number of aliphatic hydroxyl groups is 1. The lowest BCUT2D eigenvalue weighted by Crippen LogP contribution is -2.89. The third-order valence-electron chi connectivity index (χ3n) is 8.27. The van der Waals surface area contributed by atoms with Crippen molar-refractivity contribution >= 4 is 28.5 Å². The van der Waals surface area contributed by atoms with Crippen molar-refractivity contribution in [3.63, 3.8) is 0 Å². The number of carbonyl (C=O) groups is 1. The number of halogens is 1. The lowest BCUT2D eigenvalue weighted by molar-refractivity contribution is -0.209. The van der Waals surface area contributed by atoms with E-state index in [1.54, 1.807) is 0 Å². The van der Waals surface area contributed by atoms with Crippen LogP contribution in [-0.4, -0.2) is 32.7 Å². The van der Waals surface area contributed by atoms with Gasteiger partial charge in [0.1, 0.15) is 11.3 Å². The number of carbonyl (C=O) groups excluding carboxylic acids is 1. The molecule has 2 N–H and O–H groups in total. The van der Waals surface area contributed by atoms with Crippen LogP contribution in [0.4, 0.5) is 0 Å². The van der Waals surface area contributed by atoms with Crippen LogP contribution in [-0.2, 0) is 15.6 Å². The lowest BCUT2D eigenvalue weighted by Gasteiger charge is -2.64. The first-order valence-corrected chi connectivity index (χ1v) is 14.4. The molecule has 1 aliphatic carbocycles. The van der Waals surface area contributed by atoms with Crippen molar-refractivity contribution < 1.29 is 14.6 Å². The molecule has 3 rings (SSSR count). The number of aliphatic hydroxyl groups excluding tert-OH is 1. The molecule has 2 fully saturated rings. The van der Waals surface area contributed by atoms with Crippen molar-refractivity contribution in [1.29, 1.82) is 0 Å².